The van der Waals surface area contributed by atoms with Crippen LogP contribution in [0.5, 0.6) is 0 Å². The first-order chi connectivity index (χ1) is 7.39. The van der Waals surface area contributed by atoms with Crippen LogP contribution >= 0.6 is 0 Å². The van der Waals surface area contributed by atoms with Crippen LogP contribution in [-0.2, 0) is 14.3 Å². The number of carbonyl (C=O) groups excluding carboxylic acids is 1. The van der Waals surface area contributed by atoms with Gasteiger partial charge in [0.15, 0.2) is 5.79 Å². The number of hydrogen-bond donors (Lipinski definition) is 2. The van der Waals surface area contributed by atoms with Gasteiger partial charge in [0.05, 0.1) is 12.7 Å². The molecule has 1 heterocycles. The van der Waals surface area contributed by atoms with E-state index in [9.17, 15) is 0 Å². The molecule has 0 aromatic carbocycles. The minimum atomic E-state index is -0.958. The van der Waals surface area contributed by atoms with Gasteiger partial charge in [0.25, 0.3) is 0 Å². The molecule has 0 aromatic heterocycles. The van der Waals surface area contributed by atoms with Crippen molar-refractivity contribution in [3.8, 4) is 0 Å². The summed E-state index contributed by atoms with van der Waals surface area (Å²) in [6.07, 6.45) is 1.79. The summed E-state index contributed by atoms with van der Waals surface area (Å²) in [5, 5.41) is 17.1. The number of hydrogen-bond acceptors (Lipinski definition) is 5. The number of rotatable bonds is 2. The van der Waals surface area contributed by atoms with E-state index in [4.69, 9.17) is 27.6 Å². The standard InChI is InChI=1S/C5H9BO2.C4H10O2.CH2O/c6-5-2-1-4(3-7)8-5;1-4(2,5)6-3;1-2/h4-5,7H,1-3H2;5H,1-3H3;1H2/t4-,5+;;/m0../s1. The lowest BCUT2D eigenvalue weighted by Gasteiger charge is -2.12. The molecule has 0 spiro atoms. The predicted molar refractivity (Wildman–Crippen MR) is 61.2 cm³/mol. The summed E-state index contributed by atoms with van der Waals surface area (Å²) in [7, 11) is 6.83. The second kappa shape index (κ2) is 9.78. The highest BCUT2D eigenvalue weighted by molar-refractivity contribution is 6.11. The fraction of sp³-hybridized carbons (Fsp3) is 0.900. The Balaban J connectivity index is 0. The van der Waals surface area contributed by atoms with Crippen molar-refractivity contribution in [2.75, 3.05) is 13.7 Å². The van der Waals surface area contributed by atoms with Crippen molar-refractivity contribution in [2.24, 2.45) is 0 Å². The van der Waals surface area contributed by atoms with Gasteiger partial charge in [0.1, 0.15) is 14.6 Å². The molecular weight excluding hydrogens is 211 g/mol. The van der Waals surface area contributed by atoms with Crippen LogP contribution in [-0.4, -0.2) is 56.5 Å². The molecule has 1 saturated heterocycles. The first-order valence-corrected chi connectivity index (χ1v) is 4.97. The maximum Gasteiger partial charge on any atom is 0.159 e. The van der Waals surface area contributed by atoms with Crippen molar-refractivity contribution >= 4 is 14.6 Å². The van der Waals surface area contributed by atoms with Crippen LogP contribution in [0.3, 0.4) is 0 Å². The van der Waals surface area contributed by atoms with Gasteiger partial charge in [0, 0.05) is 13.1 Å². The fourth-order valence-electron chi connectivity index (χ4n) is 0.868. The maximum atomic E-state index is 8.60. The van der Waals surface area contributed by atoms with Gasteiger partial charge in [-0.2, -0.15) is 0 Å². The first kappa shape index (κ1) is 18.0. The second-order valence-electron chi connectivity index (χ2n) is 3.71. The van der Waals surface area contributed by atoms with E-state index in [1.807, 2.05) is 6.79 Å². The molecule has 2 N–H and O–H groups in total. The summed E-state index contributed by atoms with van der Waals surface area (Å²) in [5.41, 5.74) is 0. The van der Waals surface area contributed by atoms with E-state index >= 15 is 0 Å². The topological polar surface area (TPSA) is 76.0 Å². The Morgan fingerprint density at radius 3 is 2.06 bits per heavy atom. The number of aliphatic hydroxyl groups excluding tert-OH is 1. The quantitative estimate of drug-likeness (QED) is 0.510. The Labute approximate surface area is 98.2 Å². The van der Waals surface area contributed by atoms with E-state index in [0.29, 0.717) is 0 Å². The van der Waals surface area contributed by atoms with E-state index in [1.54, 1.807) is 13.8 Å². The minimum Gasteiger partial charge on any atom is -0.394 e. The van der Waals surface area contributed by atoms with E-state index in [2.05, 4.69) is 4.74 Å². The lowest BCUT2D eigenvalue weighted by molar-refractivity contribution is -0.155. The predicted octanol–water partition coefficient (Wildman–Crippen LogP) is -0.171. The number of carbonyl (C=O) groups is 1. The molecule has 6 heteroatoms. The summed E-state index contributed by atoms with van der Waals surface area (Å²) < 4.78 is 9.53. The van der Waals surface area contributed by atoms with Crippen LogP contribution in [0.2, 0.25) is 0 Å². The Bertz CT molecular complexity index is 160. The van der Waals surface area contributed by atoms with Crippen LogP contribution in [0.25, 0.3) is 0 Å². The molecule has 2 radical (unpaired) electrons. The number of aliphatic hydroxyl groups is 2. The van der Waals surface area contributed by atoms with Gasteiger partial charge in [-0.1, -0.05) is 0 Å². The highest BCUT2D eigenvalue weighted by atomic mass is 16.6. The molecule has 5 nitrogen and oxygen atoms in total. The Morgan fingerprint density at radius 1 is 1.50 bits per heavy atom. The molecule has 0 aliphatic carbocycles. The van der Waals surface area contributed by atoms with Crippen LogP contribution in [0, 0.1) is 0 Å². The van der Waals surface area contributed by atoms with Crippen LogP contribution in [0.4, 0.5) is 0 Å². The average Bonchev–Trinajstić information content (AvgIpc) is 2.67. The van der Waals surface area contributed by atoms with Crippen molar-refractivity contribution in [3.63, 3.8) is 0 Å². The molecule has 1 aliphatic heterocycles. The number of methoxy groups -OCH3 is 1. The zero-order chi connectivity index (χ0) is 13.2. The van der Waals surface area contributed by atoms with Gasteiger partial charge in [0.2, 0.25) is 0 Å². The first-order valence-electron chi connectivity index (χ1n) is 4.97. The molecule has 0 unspecified atom stereocenters. The van der Waals surface area contributed by atoms with Crippen molar-refractivity contribution in [1.82, 2.24) is 0 Å². The normalized spacial score (nSPS) is 23.8. The summed E-state index contributed by atoms with van der Waals surface area (Å²) in [5.74, 6) is -0.958. The minimum absolute atomic E-state index is 0.00463. The van der Waals surface area contributed by atoms with Gasteiger partial charge in [-0.3, -0.25) is 0 Å². The van der Waals surface area contributed by atoms with Crippen molar-refractivity contribution in [2.45, 2.75) is 44.6 Å². The van der Waals surface area contributed by atoms with Gasteiger partial charge < -0.3 is 24.5 Å². The third-order valence-corrected chi connectivity index (χ3v) is 1.84. The summed E-state index contributed by atoms with van der Waals surface area (Å²) in [6, 6.07) is -0.132. The molecule has 2 atom stereocenters. The van der Waals surface area contributed by atoms with Crippen molar-refractivity contribution in [3.05, 3.63) is 0 Å². The Hall–Kier alpha value is -0.425. The van der Waals surface area contributed by atoms with Gasteiger partial charge in [-0.05, 0) is 26.7 Å². The summed E-state index contributed by atoms with van der Waals surface area (Å²) in [6.45, 7) is 5.26. The zero-order valence-electron chi connectivity index (χ0n) is 10.2. The van der Waals surface area contributed by atoms with E-state index < -0.39 is 5.79 Å². The molecule has 0 saturated carbocycles. The fourth-order valence-corrected chi connectivity index (χ4v) is 0.868. The maximum absolute atomic E-state index is 8.60. The van der Waals surface area contributed by atoms with Crippen molar-refractivity contribution in [1.29, 1.82) is 0 Å². The molecule has 1 fully saturated rings. The molecule has 0 aromatic rings. The molecule has 94 valence electrons. The SMILES string of the molecule is C=O.COC(C)(C)O.[B][C@H]1CC[C@@H](CO)O1. The van der Waals surface area contributed by atoms with Gasteiger partial charge >= 0.3 is 0 Å². The van der Waals surface area contributed by atoms with Gasteiger partial charge in [-0.25, -0.2) is 0 Å². The van der Waals surface area contributed by atoms with Crippen molar-refractivity contribution < 1.29 is 24.5 Å². The van der Waals surface area contributed by atoms with Crippen LogP contribution < -0.4 is 0 Å². The molecular formula is C10H21BO5. The molecule has 0 bridgehead atoms. The number of ether oxygens (including phenoxy) is 2. The van der Waals surface area contributed by atoms with E-state index in [1.165, 1.54) is 7.11 Å². The summed E-state index contributed by atoms with van der Waals surface area (Å²) >= 11 is 0. The van der Waals surface area contributed by atoms with Crippen LogP contribution in [0.15, 0.2) is 0 Å². The second-order valence-corrected chi connectivity index (χ2v) is 3.71. The van der Waals surface area contributed by atoms with E-state index in [-0.39, 0.29) is 18.7 Å². The molecule has 0 amide bonds. The Morgan fingerprint density at radius 2 is 1.94 bits per heavy atom. The smallest absolute Gasteiger partial charge is 0.159 e. The average molecular weight is 232 g/mol. The lowest BCUT2D eigenvalue weighted by atomic mass is 9.97. The monoisotopic (exact) mass is 232 g/mol. The summed E-state index contributed by atoms with van der Waals surface area (Å²) in [4.78, 5) is 8.00. The Kier molecular flexibility index (Phi) is 11.0. The molecule has 16 heavy (non-hydrogen) atoms. The van der Waals surface area contributed by atoms with Crippen LogP contribution in [0.1, 0.15) is 26.7 Å². The zero-order valence-corrected chi connectivity index (χ0v) is 10.2. The third-order valence-electron chi connectivity index (χ3n) is 1.84. The molecule has 1 rings (SSSR count). The largest absolute Gasteiger partial charge is 0.394 e. The highest BCUT2D eigenvalue weighted by Crippen LogP contribution is 2.15. The highest BCUT2D eigenvalue weighted by Gasteiger charge is 2.19. The third kappa shape index (κ3) is 11.6. The molecule has 1 aliphatic rings. The van der Waals surface area contributed by atoms with E-state index in [0.717, 1.165) is 12.8 Å². The lowest BCUT2D eigenvalue weighted by Crippen LogP contribution is -2.20. The van der Waals surface area contributed by atoms with Gasteiger partial charge in [-0.15, -0.1) is 0 Å².